The minimum absolute atomic E-state index is 0.627. The smallest absolute Gasteiger partial charge is 0.218 e. The molecule has 2 rings (SSSR count). The van der Waals surface area contributed by atoms with E-state index in [0.29, 0.717) is 12.5 Å². The maximum atomic E-state index is 5.96. The van der Waals surface area contributed by atoms with E-state index in [9.17, 15) is 0 Å². The number of rotatable bonds is 4. The number of nitrogens with two attached hydrogens (primary N) is 1. The molecule has 1 aromatic heterocycles. The number of hydrogen-bond donors (Lipinski definition) is 1. The van der Waals surface area contributed by atoms with Gasteiger partial charge in [-0.3, -0.25) is 0 Å². The highest BCUT2D eigenvalue weighted by Crippen LogP contribution is 2.32. The average molecular weight is 263 g/mol. The SMILES string of the molecule is COc1c(/C=C(/CN)C2CCCCC2)c(C)nn1C. The lowest BCUT2D eigenvalue weighted by Gasteiger charge is -2.24. The van der Waals surface area contributed by atoms with Gasteiger partial charge < -0.3 is 10.5 Å². The zero-order valence-corrected chi connectivity index (χ0v) is 12.3. The molecule has 1 heterocycles. The van der Waals surface area contributed by atoms with Crippen LogP contribution >= 0.6 is 0 Å². The number of methoxy groups -OCH3 is 1. The summed E-state index contributed by atoms with van der Waals surface area (Å²) in [5, 5.41) is 4.42. The highest BCUT2D eigenvalue weighted by atomic mass is 16.5. The first-order valence-electron chi connectivity index (χ1n) is 7.15. The third-order valence-electron chi connectivity index (χ3n) is 4.10. The lowest BCUT2D eigenvalue weighted by atomic mass is 9.83. The molecular formula is C15H25N3O. The third kappa shape index (κ3) is 3.00. The van der Waals surface area contributed by atoms with Gasteiger partial charge in [-0.05, 0) is 31.8 Å². The summed E-state index contributed by atoms with van der Waals surface area (Å²) in [5.41, 5.74) is 9.39. The molecule has 0 radical (unpaired) electrons. The van der Waals surface area contributed by atoms with E-state index in [-0.39, 0.29) is 0 Å². The summed E-state index contributed by atoms with van der Waals surface area (Å²) < 4.78 is 7.23. The number of hydrogen-bond acceptors (Lipinski definition) is 3. The van der Waals surface area contributed by atoms with E-state index < -0.39 is 0 Å². The Labute approximate surface area is 115 Å². The van der Waals surface area contributed by atoms with Gasteiger partial charge in [0.05, 0.1) is 18.4 Å². The normalized spacial score (nSPS) is 17.8. The predicted molar refractivity (Wildman–Crippen MR) is 78.1 cm³/mol. The first-order valence-corrected chi connectivity index (χ1v) is 7.15. The molecule has 1 aromatic rings. The van der Waals surface area contributed by atoms with E-state index in [1.807, 2.05) is 14.0 Å². The van der Waals surface area contributed by atoms with Gasteiger partial charge in [0.25, 0.3) is 0 Å². The Morgan fingerprint density at radius 3 is 2.68 bits per heavy atom. The van der Waals surface area contributed by atoms with Crippen molar-refractivity contribution in [3.05, 3.63) is 16.8 Å². The maximum absolute atomic E-state index is 5.96. The van der Waals surface area contributed by atoms with Crippen LogP contribution in [-0.4, -0.2) is 23.4 Å². The van der Waals surface area contributed by atoms with Crippen molar-refractivity contribution in [2.45, 2.75) is 39.0 Å². The van der Waals surface area contributed by atoms with E-state index in [2.05, 4.69) is 11.2 Å². The summed E-state index contributed by atoms with van der Waals surface area (Å²) in [6.45, 7) is 2.64. The fourth-order valence-corrected chi connectivity index (χ4v) is 3.06. The van der Waals surface area contributed by atoms with Crippen LogP contribution in [-0.2, 0) is 7.05 Å². The van der Waals surface area contributed by atoms with Crippen molar-refractivity contribution in [1.82, 2.24) is 9.78 Å². The van der Waals surface area contributed by atoms with Gasteiger partial charge >= 0.3 is 0 Å². The molecule has 4 nitrogen and oxygen atoms in total. The number of aryl methyl sites for hydroxylation is 2. The van der Waals surface area contributed by atoms with Crippen molar-refractivity contribution in [2.75, 3.05) is 13.7 Å². The summed E-state index contributed by atoms with van der Waals surface area (Å²) in [4.78, 5) is 0. The van der Waals surface area contributed by atoms with Crippen LogP contribution in [0.5, 0.6) is 5.88 Å². The molecule has 1 fully saturated rings. The molecule has 0 aliphatic heterocycles. The Morgan fingerprint density at radius 2 is 2.11 bits per heavy atom. The fraction of sp³-hybridized carbons (Fsp3) is 0.667. The molecule has 1 aliphatic rings. The molecule has 0 spiro atoms. The molecular weight excluding hydrogens is 238 g/mol. The van der Waals surface area contributed by atoms with Crippen molar-refractivity contribution >= 4 is 6.08 Å². The van der Waals surface area contributed by atoms with Gasteiger partial charge in [-0.1, -0.05) is 24.8 Å². The first kappa shape index (κ1) is 14.1. The van der Waals surface area contributed by atoms with Gasteiger partial charge in [-0.15, -0.1) is 0 Å². The Hall–Kier alpha value is -1.29. The standard InChI is InChI=1S/C15H25N3O/c1-11-14(15(19-3)18(2)17-11)9-13(10-16)12-7-5-4-6-8-12/h9,12H,4-8,10,16H2,1-3H3/b13-9-. The van der Waals surface area contributed by atoms with Gasteiger partial charge in [0.15, 0.2) is 0 Å². The second kappa shape index (κ2) is 6.24. The molecule has 19 heavy (non-hydrogen) atoms. The summed E-state index contributed by atoms with van der Waals surface area (Å²) >= 11 is 0. The van der Waals surface area contributed by atoms with Crippen LogP contribution in [0.2, 0.25) is 0 Å². The van der Waals surface area contributed by atoms with Crippen molar-refractivity contribution in [3.63, 3.8) is 0 Å². The number of ether oxygens (including phenoxy) is 1. The van der Waals surface area contributed by atoms with E-state index in [1.165, 1.54) is 37.7 Å². The molecule has 0 unspecified atom stereocenters. The predicted octanol–water partition coefficient (Wildman–Crippen LogP) is 2.66. The average Bonchev–Trinajstić information content (AvgIpc) is 2.70. The van der Waals surface area contributed by atoms with E-state index in [4.69, 9.17) is 10.5 Å². The van der Waals surface area contributed by atoms with E-state index >= 15 is 0 Å². The number of aromatic nitrogens is 2. The number of nitrogens with zero attached hydrogens (tertiary/aromatic N) is 2. The molecule has 1 aliphatic carbocycles. The molecule has 0 saturated heterocycles. The Morgan fingerprint density at radius 1 is 1.42 bits per heavy atom. The largest absolute Gasteiger partial charge is 0.481 e. The van der Waals surface area contributed by atoms with Crippen molar-refractivity contribution < 1.29 is 4.74 Å². The molecule has 106 valence electrons. The molecule has 0 amide bonds. The maximum Gasteiger partial charge on any atom is 0.218 e. The minimum atomic E-state index is 0.627. The second-order valence-electron chi connectivity index (χ2n) is 5.39. The van der Waals surface area contributed by atoms with E-state index in [1.54, 1.807) is 11.8 Å². The zero-order valence-electron chi connectivity index (χ0n) is 12.3. The summed E-state index contributed by atoms with van der Waals surface area (Å²) in [6.07, 6.45) is 8.76. The highest BCUT2D eigenvalue weighted by molar-refractivity contribution is 5.61. The van der Waals surface area contributed by atoms with Gasteiger partial charge in [0, 0.05) is 13.6 Å². The Bertz CT molecular complexity index is 456. The second-order valence-corrected chi connectivity index (χ2v) is 5.39. The van der Waals surface area contributed by atoms with Crippen molar-refractivity contribution in [2.24, 2.45) is 18.7 Å². The summed E-state index contributed by atoms with van der Waals surface area (Å²) in [7, 11) is 3.60. The van der Waals surface area contributed by atoms with Gasteiger partial charge in [-0.25, -0.2) is 4.68 Å². The lowest BCUT2D eigenvalue weighted by Crippen LogP contribution is -2.16. The zero-order chi connectivity index (χ0) is 13.8. The van der Waals surface area contributed by atoms with Crippen LogP contribution in [0.15, 0.2) is 5.57 Å². The fourth-order valence-electron chi connectivity index (χ4n) is 3.06. The van der Waals surface area contributed by atoms with E-state index in [0.717, 1.165) is 17.1 Å². The Kier molecular flexibility index (Phi) is 4.64. The summed E-state index contributed by atoms with van der Waals surface area (Å²) in [5.74, 6) is 1.46. The summed E-state index contributed by atoms with van der Waals surface area (Å²) in [6, 6.07) is 0. The van der Waals surface area contributed by atoms with Crippen molar-refractivity contribution in [3.8, 4) is 5.88 Å². The lowest BCUT2D eigenvalue weighted by molar-refractivity contribution is 0.372. The van der Waals surface area contributed by atoms with Crippen LogP contribution < -0.4 is 10.5 Å². The van der Waals surface area contributed by atoms with Crippen LogP contribution in [0.4, 0.5) is 0 Å². The Balaban J connectivity index is 2.31. The highest BCUT2D eigenvalue weighted by Gasteiger charge is 2.19. The minimum Gasteiger partial charge on any atom is -0.481 e. The topological polar surface area (TPSA) is 53.1 Å². The molecule has 2 N–H and O–H groups in total. The monoisotopic (exact) mass is 263 g/mol. The van der Waals surface area contributed by atoms with Crippen LogP contribution in [0.25, 0.3) is 6.08 Å². The van der Waals surface area contributed by atoms with Crippen molar-refractivity contribution in [1.29, 1.82) is 0 Å². The molecule has 4 heteroatoms. The van der Waals surface area contributed by atoms with Crippen LogP contribution in [0.1, 0.15) is 43.4 Å². The van der Waals surface area contributed by atoms with Crippen LogP contribution in [0, 0.1) is 12.8 Å². The molecule has 0 atom stereocenters. The van der Waals surface area contributed by atoms with Gasteiger partial charge in [-0.2, -0.15) is 5.10 Å². The van der Waals surface area contributed by atoms with Gasteiger partial charge in [0.2, 0.25) is 5.88 Å². The molecule has 0 bridgehead atoms. The molecule has 0 aromatic carbocycles. The quantitative estimate of drug-likeness (QED) is 0.908. The third-order valence-corrected chi connectivity index (χ3v) is 4.10. The van der Waals surface area contributed by atoms with Gasteiger partial charge in [0.1, 0.15) is 0 Å². The van der Waals surface area contributed by atoms with Crippen LogP contribution in [0.3, 0.4) is 0 Å². The molecule has 1 saturated carbocycles. The first-order chi connectivity index (χ1) is 9.17.